The summed E-state index contributed by atoms with van der Waals surface area (Å²) in [6, 6.07) is 12.3. The van der Waals surface area contributed by atoms with Gasteiger partial charge < -0.3 is 4.90 Å². The number of rotatable bonds is 3. The summed E-state index contributed by atoms with van der Waals surface area (Å²) in [5.41, 5.74) is 2.94. The summed E-state index contributed by atoms with van der Waals surface area (Å²) in [6.07, 6.45) is 0. The van der Waals surface area contributed by atoms with Gasteiger partial charge in [0.05, 0.1) is 4.90 Å². The first kappa shape index (κ1) is 19.8. The van der Waals surface area contributed by atoms with Crippen LogP contribution in [0.2, 0.25) is 0 Å². The molecule has 2 aromatic carbocycles. The molecule has 2 aromatic rings. The Balaban J connectivity index is 1.71. The van der Waals surface area contributed by atoms with E-state index in [1.807, 2.05) is 0 Å². The van der Waals surface area contributed by atoms with E-state index in [9.17, 15) is 12.8 Å². The van der Waals surface area contributed by atoms with Crippen LogP contribution in [0.3, 0.4) is 0 Å². The van der Waals surface area contributed by atoms with E-state index < -0.39 is 15.8 Å². The van der Waals surface area contributed by atoms with E-state index in [1.54, 1.807) is 6.92 Å². The highest BCUT2D eigenvalue weighted by molar-refractivity contribution is 7.89. The zero-order valence-electron chi connectivity index (χ0n) is 16.4. The maximum absolute atomic E-state index is 13.3. The monoisotopic (exact) mass is 390 g/mol. The number of aryl methyl sites for hydroxylation is 1. The highest BCUT2D eigenvalue weighted by atomic mass is 32.2. The molecule has 0 saturated carbocycles. The summed E-state index contributed by atoms with van der Waals surface area (Å²) in [7, 11) is -3.60. The summed E-state index contributed by atoms with van der Waals surface area (Å²) >= 11 is 0. The molecule has 1 saturated heterocycles. The SMILES string of the molecule is Cc1cc(F)ccc1S(=O)(=O)N1CCN(c2ccc(C(C)(C)C)cc2)CC1. The van der Waals surface area contributed by atoms with E-state index in [-0.39, 0.29) is 10.3 Å². The molecule has 0 atom stereocenters. The first-order chi connectivity index (χ1) is 12.6. The minimum absolute atomic E-state index is 0.109. The second-order valence-corrected chi connectivity index (χ2v) is 10.0. The summed E-state index contributed by atoms with van der Waals surface area (Å²) in [4.78, 5) is 2.39. The highest BCUT2D eigenvalue weighted by Gasteiger charge is 2.29. The number of sulfonamides is 1. The van der Waals surface area contributed by atoms with Crippen molar-refractivity contribution in [2.24, 2.45) is 0 Å². The van der Waals surface area contributed by atoms with Crippen LogP contribution in [0.15, 0.2) is 47.4 Å². The fourth-order valence-electron chi connectivity index (χ4n) is 3.40. The molecule has 0 radical (unpaired) electrons. The summed E-state index contributed by atoms with van der Waals surface area (Å²) in [6.45, 7) is 10.3. The van der Waals surface area contributed by atoms with Gasteiger partial charge in [-0.05, 0) is 53.8 Å². The molecule has 4 nitrogen and oxygen atoms in total. The van der Waals surface area contributed by atoms with Crippen molar-refractivity contribution in [2.75, 3.05) is 31.1 Å². The second-order valence-electron chi connectivity index (χ2n) is 8.10. The first-order valence-corrected chi connectivity index (χ1v) is 10.6. The van der Waals surface area contributed by atoms with Gasteiger partial charge in [-0.1, -0.05) is 32.9 Å². The quantitative estimate of drug-likeness (QED) is 0.797. The van der Waals surface area contributed by atoms with E-state index in [1.165, 1.54) is 28.1 Å². The number of benzene rings is 2. The van der Waals surface area contributed by atoms with Crippen molar-refractivity contribution in [1.82, 2.24) is 4.31 Å². The Kier molecular flexibility index (Phi) is 5.32. The van der Waals surface area contributed by atoms with E-state index in [2.05, 4.69) is 49.9 Å². The van der Waals surface area contributed by atoms with Crippen LogP contribution in [0.4, 0.5) is 10.1 Å². The Morgan fingerprint density at radius 2 is 1.52 bits per heavy atom. The molecule has 0 aromatic heterocycles. The lowest BCUT2D eigenvalue weighted by Crippen LogP contribution is -2.48. The third-order valence-electron chi connectivity index (χ3n) is 5.09. The maximum Gasteiger partial charge on any atom is 0.243 e. The zero-order chi connectivity index (χ0) is 19.8. The molecule has 27 heavy (non-hydrogen) atoms. The van der Waals surface area contributed by atoms with Gasteiger partial charge in [-0.2, -0.15) is 4.31 Å². The number of nitrogens with zero attached hydrogens (tertiary/aromatic N) is 2. The number of halogens is 1. The number of anilines is 1. The molecule has 0 bridgehead atoms. The van der Waals surface area contributed by atoms with Crippen molar-refractivity contribution in [1.29, 1.82) is 0 Å². The summed E-state index contributed by atoms with van der Waals surface area (Å²) < 4.78 is 40.6. The van der Waals surface area contributed by atoms with Gasteiger partial charge in [0, 0.05) is 31.9 Å². The van der Waals surface area contributed by atoms with Crippen molar-refractivity contribution in [2.45, 2.75) is 38.0 Å². The normalized spacial score (nSPS) is 16.6. The molecule has 1 aliphatic heterocycles. The third kappa shape index (κ3) is 4.17. The molecule has 0 N–H and O–H groups in total. The molecule has 0 spiro atoms. The zero-order valence-corrected chi connectivity index (χ0v) is 17.2. The molecule has 6 heteroatoms. The van der Waals surface area contributed by atoms with Crippen molar-refractivity contribution < 1.29 is 12.8 Å². The van der Waals surface area contributed by atoms with Crippen molar-refractivity contribution >= 4 is 15.7 Å². The fourth-order valence-corrected chi connectivity index (χ4v) is 5.03. The molecule has 0 amide bonds. The van der Waals surface area contributed by atoms with Gasteiger partial charge in [0.25, 0.3) is 0 Å². The van der Waals surface area contributed by atoms with E-state index in [4.69, 9.17) is 0 Å². The van der Waals surface area contributed by atoms with Gasteiger partial charge in [0.15, 0.2) is 0 Å². The molecule has 0 unspecified atom stereocenters. The fraction of sp³-hybridized carbons (Fsp3) is 0.429. The first-order valence-electron chi connectivity index (χ1n) is 9.21. The van der Waals surface area contributed by atoms with Crippen LogP contribution in [0, 0.1) is 12.7 Å². The summed E-state index contributed by atoms with van der Waals surface area (Å²) in [5, 5.41) is 0. The Labute approximate surface area is 161 Å². The lowest BCUT2D eigenvalue weighted by atomic mass is 9.87. The number of piperazine rings is 1. The van der Waals surface area contributed by atoms with Crippen LogP contribution in [-0.4, -0.2) is 38.9 Å². The number of hydrogen-bond donors (Lipinski definition) is 0. The van der Waals surface area contributed by atoms with E-state index >= 15 is 0 Å². The average Bonchev–Trinajstić information content (AvgIpc) is 2.61. The van der Waals surface area contributed by atoms with Crippen LogP contribution in [0.5, 0.6) is 0 Å². The smallest absolute Gasteiger partial charge is 0.243 e. The minimum Gasteiger partial charge on any atom is -0.369 e. The largest absolute Gasteiger partial charge is 0.369 e. The van der Waals surface area contributed by atoms with Crippen LogP contribution in [0.1, 0.15) is 31.9 Å². The van der Waals surface area contributed by atoms with Gasteiger partial charge >= 0.3 is 0 Å². The molecule has 3 rings (SSSR count). The Morgan fingerprint density at radius 3 is 2.04 bits per heavy atom. The van der Waals surface area contributed by atoms with Crippen molar-refractivity contribution in [3.05, 3.63) is 59.4 Å². The predicted molar refractivity (Wildman–Crippen MR) is 107 cm³/mol. The van der Waals surface area contributed by atoms with Gasteiger partial charge in [0.2, 0.25) is 10.0 Å². The molecule has 1 aliphatic rings. The minimum atomic E-state index is -3.60. The van der Waals surface area contributed by atoms with Gasteiger partial charge in [0.1, 0.15) is 5.82 Å². The molecule has 0 aliphatic carbocycles. The van der Waals surface area contributed by atoms with Crippen LogP contribution in [0.25, 0.3) is 0 Å². The lowest BCUT2D eigenvalue weighted by Gasteiger charge is -2.35. The Morgan fingerprint density at radius 1 is 0.926 bits per heavy atom. The highest BCUT2D eigenvalue weighted by Crippen LogP contribution is 2.27. The van der Waals surface area contributed by atoms with Crippen molar-refractivity contribution in [3.8, 4) is 0 Å². The average molecular weight is 391 g/mol. The second kappa shape index (κ2) is 7.24. The van der Waals surface area contributed by atoms with Crippen LogP contribution < -0.4 is 4.90 Å². The molecule has 146 valence electrons. The third-order valence-corrected chi connectivity index (χ3v) is 7.15. The van der Waals surface area contributed by atoms with Crippen LogP contribution in [-0.2, 0) is 15.4 Å². The topological polar surface area (TPSA) is 40.6 Å². The van der Waals surface area contributed by atoms with E-state index in [0.29, 0.717) is 31.7 Å². The number of hydrogen-bond acceptors (Lipinski definition) is 3. The van der Waals surface area contributed by atoms with E-state index in [0.717, 1.165) is 5.69 Å². The maximum atomic E-state index is 13.3. The Bertz CT molecular complexity index is 910. The molecule has 1 fully saturated rings. The van der Waals surface area contributed by atoms with Crippen LogP contribution >= 0.6 is 0 Å². The van der Waals surface area contributed by atoms with Crippen molar-refractivity contribution in [3.63, 3.8) is 0 Å². The summed E-state index contributed by atoms with van der Waals surface area (Å²) in [5.74, 6) is -0.421. The van der Waals surface area contributed by atoms with Gasteiger partial charge in [-0.25, -0.2) is 12.8 Å². The molecule has 1 heterocycles. The van der Waals surface area contributed by atoms with Gasteiger partial charge in [-0.15, -0.1) is 0 Å². The molecular formula is C21H27FN2O2S. The standard InChI is InChI=1S/C21H27FN2O2S/c1-16-15-18(22)7-10-20(16)27(25,26)24-13-11-23(12-14-24)19-8-5-17(6-9-19)21(2,3)4/h5-10,15H,11-14H2,1-4H3. The Hall–Kier alpha value is -1.92. The molecular weight excluding hydrogens is 363 g/mol. The lowest BCUT2D eigenvalue weighted by molar-refractivity contribution is 0.384. The van der Waals surface area contributed by atoms with Gasteiger partial charge in [-0.3, -0.25) is 0 Å². The predicted octanol–water partition coefficient (Wildman–Crippen LogP) is 3.94.